The Kier molecular flexibility index (Phi) is 9.45. The number of phenolic OH excluding ortho intramolecular Hbond substituents is 1. The Hall–Kier alpha value is -2.89. The van der Waals surface area contributed by atoms with E-state index in [1.807, 2.05) is 32.0 Å². The summed E-state index contributed by atoms with van der Waals surface area (Å²) in [7, 11) is 0. The summed E-state index contributed by atoms with van der Waals surface area (Å²) in [6.45, 7) is 13.7. The largest absolute Gasteiger partial charge is 0.508 e. The van der Waals surface area contributed by atoms with Crippen LogP contribution in [-0.4, -0.2) is 42.0 Å². The summed E-state index contributed by atoms with van der Waals surface area (Å²) in [5, 5.41) is 10.1. The standard InChI is InChI=1S/C31H35NO3S.C2H6/c1-20-15-16-32(18-20)21(2)19-34-26-10-5-24(6-11-26)31-30(23-7-12-27(36-4)13-8-23)22(3)28-17-25(33)9-14-29(28)35-31;1-2/h5-14,17,20-21,31,33H,15-16,18-19H2,1-4H3;1-2H3. The Morgan fingerprint density at radius 2 is 1.76 bits per heavy atom. The lowest BCUT2D eigenvalue weighted by Crippen LogP contribution is -2.35. The van der Waals surface area contributed by atoms with Gasteiger partial charge >= 0.3 is 0 Å². The Morgan fingerprint density at radius 1 is 1.05 bits per heavy atom. The van der Waals surface area contributed by atoms with Crippen LogP contribution in [0.3, 0.4) is 0 Å². The molecule has 202 valence electrons. The van der Waals surface area contributed by atoms with E-state index >= 15 is 0 Å². The molecule has 5 heteroatoms. The van der Waals surface area contributed by atoms with Gasteiger partial charge in [0.25, 0.3) is 0 Å². The fourth-order valence-corrected chi connectivity index (χ4v) is 5.65. The fourth-order valence-electron chi connectivity index (χ4n) is 5.25. The molecule has 0 spiro atoms. The maximum Gasteiger partial charge on any atom is 0.150 e. The number of phenols is 1. The lowest BCUT2D eigenvalue weighted by atomic mass is 9.86. The van der Waals surface area contributed by atoms with Gasteiger partial charge in [-0.2, -0.15) is 0 Å². The number of ether oxygens (including phenoxy) is 2. The van der Waals surface area contributed by atoms with Crippen molar-refractivity contribution in [3.63, 3.8) is 0 Å². The molecule has 38 heavy (non-hydrogen) atoms. The minimum atomic E-state index is -0.249. The van der Waals surface area contributed by atoms with Gasteiger partial charge in [0.05, 0.1) is 0 Å². The van der Waals surface area contributed by atoms with Crippen molar-refractivity contribution in [3.05, 3.63) is 83.4 Å². The van der Waals surface area contributed by atoms with Crippen molar-refractivity contribution >= 4 is 22.9 Å². The van der Waals surface area contributed by atoms with E-state index in [1.54, 1.807) is 23.9 Å². The summed E-state index contributed by atoms with van der Waals surface area (Å²) < 4.78 is 12.7. The Bertz CT molecular complexity index is 1240. The molecule has 3 unspecified atom stereocenters. The molecule has 0 aliphatic carbocycles. The summed E-state index contributed by atoms with van der Waals surface area (Å²) in [5.74, 6) is 2.68. The van der Waals surface area contributed by atoms with Crippen molar-refractivity contribution in [2.24, 2.45) is 5.92 Å². The van der Waals surface area contributed by atoms with E-state index in [0.29, 0.717) is 12.6 Å². The van der Waals surface area contributed by atoms with Gasteiger partial charge in [0, 0.05) is 28.6 Å². The number of aromatic hydroxyl groups is 1. The average molecular weight is 532 g/mol. The minimum absolute atomic E-state index is 0.242. The molecule has 1 saturated heterocycles. The molecule has 1 fully saturated rings. The summed E-state index contributed by atoms with van der Waals surface area (Å²) in [4.78, 5) is 3.74. The number of hydrogen-bond donors (Lipinski definition) is 1. The van der Waals surface area contributed by atoms with Gasteiger partial charge in [-0.3, -0.25) is 4.90 Å². The van der Waals surface area contributed by atoms with Crippen LogP contribution < -0.4 is 9.47 Å². The number of rotatable bonds is 7. The van der Waals surface area contributed by atoms with Gasteiger partial charge < -0.3 is 14.6 Å². The molecule has 2 heterocycles. The second-order valence-electron chi connectivity index (χ2n) is 10.1. The molecule has 0 bridgehead atoms. The lowest BCUT2D eigenvalue weighted by molar-refractivity contribution is 0.169. The number of allylic oxidation sites excluding steroid dienone is 1. The smallest absolute Gasteiger partial charge is 0.150 e. The monoisotopic (exact) mass is 531 g/mol. The molecule has 2 aliphatic heterocycles. The maximum atomic E-state index is 10.1. The molecule has 3 atom stereocenters. The van der Waals surface area contributed by atoms with Gasteiger partial charge in [-0.15, -0.1) is 11.8 Å². The van der Waals surface area contributed by atoms with Crippen molar-refractivity contribution in [3.8, 4) is 17.2 Å². The van der Waals surface area contributed by atoms with E-state index in [0.717, 1.165) is 58.3 Å². The van der Waals surface area contributed by atoms with E-state index in [1.165, 1.54) is 11.3 Å². The third kappa shape index (κ3) is 6.22. The first-order valence-electron chi connectivity index (χ1n) is 13.7. The molecule has 0 aromatic heterocycles. The van der Waals surface area contributed by atoms with E-state index in [4.69, 9.17) is 9.47 Å². The molecule has 0 radical (unpaired) electrons. The average Bonchev–Trinajstić information content (AvgIpc) is 3.40. The zero-order valence-corrected chi connectivity index (χ0v) is 24.3. The fraction of sp³-hybridized carbons (Fsp3) is 0.394. The molecular formula is C33H41NO3S. The first-order valence-corrected chi connectivity index (χ1v) is 15.0. The zero-order valence-electron chi connectivity index (χ0n) is 23.5. The number of hydrogen-bond acceptors (Lipinski definition) is 5. The molecule has 4 nitrogen and oxygen atoms in total. The highest BCUT2D eigenvalue weighted by molar-refractivity contribution is 7.98. The quantitative estimate of drug-likeness (QED) is 0.311. The second kappa shape index (κ2) is 12.8. The van der Waals surface area contributed by atoms with Gasteiger partial charge in [-0.1, -0.05) is 45.0 Å². The molecule has 3 aromatic rings. The molecular weight excluding hydrogens is 490 g/mol. The van der Waals surface area contributed by atoms with Crippen molar-refractivity contribution in [2.75, 3.05) is 26.0 Å². The van der Waals surface area contributed by atoms with Gasteiger partial charge in [-0.05, 0) is 98.2 Å². The summed E-state index contributed by atoms with van der Waals surface area (Å²) in [6, 6.07) is 22.7. The predicted molar refractivity (Wildman–Crippen MR) is 160 cm³/mol. The van der Waals surface area contributed by atoms with Crippen molar-refractivity contribution < 1.29 is 14.6 Å². The number of nitrogens with zero attached hydrogens (tertiary/aromatic N) is 1. The third-order valence-electron chi connectivity index (χ3n) is 7.43. The molecule has 2 aliphatic rings. The van der Waals surface area contributed by atoms with E-state index < -0.39 is 0 Å². The van der Waals surface area contributed by atoms with E-state index in [9.17, 15) is 5.11 Å². The highest BCUT2D eigenvalue weighted by Gasteiger charge is 2.30. The van der Waals surface area contributed by atoms with E-state index in [2.05, 4.69) is 68.3 Å². The molecule has 0 amide bonds. The summed E-state index contributed by atoms with van der Waals surface area (Å²) >= 11 is 1.73. The first-order chi connectivity index (χ1) is 18.4. The predicted octanol–water partition coefficient (Wildman–Crippen LogP) is 8.31. The number of benzene rings is 3. The SMILES string of the molecule is CC.CSc1ccc(C2=C(C)c3cc(O)ccc3OC2c2ccc(OCC(C)N3CCC(C)C3)cc2)cc1. The van der Waals surface area contributed by atoms with Crippen LogP contribution in [0.15, 0.2) is 71.6 Å². The first kappa shape index (κ1) is 28.1. The zero-order chi connectivity index (χ0) is 27.2. The Morgan fingerprint density at radius 3 is 2.39 bits per heavy atom. The molecule has 3 aromatic carbocycles. The highest BCUT2D eigenvalue weighted by Crippen LogP contribution is 2.47. The van der Waals surface area contributed by atoms with Crippen LogP contribution >= 0.6 is 11.8 Å². The Labute approximate surface area is 232 Å². The molecule has 5 rings (SSSR count). The minimum Gasteiger partial charge on any atom is -0.508 e. The van der Waals surface area contributed by atoms with Crippen molar-refractivity contribution in [2.45, 2.75) is 58.1 Å². The molecule has 1 N–H and O–H groups in total. The van der Waals surface area contributed by atoms with Crippen LogP contribution in [0.4, 0.5) is 0 Å². The van der Waals surface area contributed by atoms with Gasteiger partial charge in [0.1, 0.15) is 30.0 Å². The Balaban J connectivity index is 0.00000164. The lowest BCUT2D eigenvalue weighted by Gasteiger charge is -2.31. The normalized spacial score (nSPS) is 19.7. The van der Waals surface area contributed by atoms with Crippen LogP contribution in [0.1, 0.15) is 63.8 Å². The maximum absolute atomic E-state index is 10.1. The van der Waals surface area contributed by atoms with E-state index in [-0.39, 0.29) is 11.9 Å². The number of thioether (sulfide) groups is 1. The highest BCUT2D eigenvalue weighted by atomic mass is 32.2. The summed E-state index contributed by atoms with van der Waals surface area (Å²) in [6.07, 6.45) is 3.11. The third-order valence-corrected chi connectivity index (χ3v) is 8.18. The number of fused-ring (bicyclic) bond motifs is 1. The van der Waals surface area contributed by atoms with Gasteiger partial charge in [0.2, 0.25) is 0 Å². The van der Waals surface area contributed by atoms with Gasteiger partial charge in [0.15, 0.2) is 0 Å². The number of likely N-dealkylation sites (tertiary alicyclic amines) is 1. The van der Waals surface area contributed by atoms with Gasteiger partial charge in [-0.25, -0.2) is 0 Å². The van der Waals surface area contributed by atoms with Crippen LogP contribution in [0, 0.1) is 5.92 Å². The second-order valence-corrected chi connectivity index (χ2v) is 10.9. The van der Waals surface area contributed by atoms with Crippen molar-refractivity contribution in [1.29, 1.82) is 0 Å². The topological polar surface area (TPSA) is 41.9 Å². The van der Waals surface area contributed by atoms with Crippen LogP contribution in [-0.2, 0) is 0 Å². The van der Waals surface area contributed by atoms with Crippen LogP contribution in [0.25, 0.3) is 11.1 Å². The van der Waals surface area contributed by atoms with Crippen LogP contribution in [0.5, 0.6) is 17.2 Å². The van der Waals surface area contributed by atoms with Crippen molar-refractivity contribution in [1.82, 2.24) is 4.90 Å². The summed E-state index contributed by atoms with van der Waals surface area (Å²) in [5.41, 5.74) is 5.36. The molecule has 0 saturated carbocycles. The van der Waals surface area contributed by atoms with Crippen LogP contribution in [0.2, 0.25) is 0 Å².